The van der Waals surface area contributed by atoms with Gasteiger partial charge in [-0.25, -0.2) is 23.4 Å². The fourth-order valence-corrected chi connectivity index (χ4v) is 5.90. The van der Waals surface area contributed by atoms with Crippen LogP contribution >= 0.6 is 0 Å². The number of nitriles is 1. The molecule has 0 saturated heterocycles. The van der Waals surface area contributed by atoms with Crippen molar-refractivity contribution in [3.63, 3.8) is 0 Å². The Kier molecular flexibility index (Phi) is 5.32. The van der Waals surface area contributed by atoms with Gasteiger partial charge in [-0.3, -0.25) is 0 Å². The highest BCUT2D eigenvalue weighted by Gasteiger charge is 2.66. The molecular weight excluding hydrogens is 556 g/mol. The number of sulfone groups is 1. The molecule has 1 aliphatic heterocycles. The van der Waals surface area contributed by atoms with E-state index in [2.05, 4.69) is 30.5 Å². The number of aromatic nitrogens is 5. The molecule has 0 atom stereocenters. The minimum Gasteiger partial charge on any atom is -0.421 e. The van der Waals surface area contributed by atoms with Crippen LogP contribution in [0, 0.1) is 11.3 Å². The normalized spacial score (nSPS) is 18.4. The molecular formula is C25H20F4N6O4S. The Morgan fingerprint density at radius 2 is 1.62 bits per heavy atom. The zero-order valence-electron chi connectivity index (χ0n) is 21.2. The third-order valence-corrected chi connectivity index (χ3v) is 8.94. The van der Waals surface area contributed by atoms with Crippen LogP contribution in [0.15, 0.2) is 35.4 Å². The van der Waals surface area contributed by atoms with Gasteiger partial charge >= 0.3 is 12.2 Å². The number of fused-ring (bicyclic) bond motifs is 2. The molecule has 1 aromatic carbocycles. The second kappa shape index (κ2) is 8.17. The Bertz CT molecular complexity index is 1870. The van der Waals surface area contributed by atoms with Crippen molar-refractivity contribution in [1.29, 1.82) is 5.26 Å². The summed E-state index contributed by atoms with van der Waals surface area (Å²) in [6.07, 6.45) is -8.48. The summed E-state index contributed by atoms with van der Waals surface area (Å²) in [6.45, 7) is 1.46. The maximum Gasteiger partial charge on any atom is 0.507 e. The third-order valence-electron chi connectivity index (χ3n) is 7.12. The minimum absolute atomic E-state index is 0.0246. The van der Waals surface area contributed by atoms with Crippen molar-refractivity contribution in [1.82, 2.24) is 24.1 Å². The average molecular weight is 577 g/mol. The van der Waals surface area contributed by atoms with Crippen molar-refractivity contribution in [3.8, 4) is 40.6 Å². The summed E-state index contributed by atoms with van der Waals surface area (Å²) in [7, 11) is -0.907. The van der Waals surface area contributed by atoms with E-state index in [4.69, 9.17) is 0 Å². The molecule has 1 saturated carbocycles. The van der Waals surface area contributed by atoms with E-state index in [1.165, 1.54) is 30.2 Å². The number of aryl methyl sites for hydroxylation is 1. The molecule has 4 aromatic rings. The number of hydrogen-bond acceptors (Lipinski definition) is 8. The van der Waals surface area contributed by atoms with Gasteiger partial charge in [0.05, 0.1) is 34.0 Å². The Hall–Kier alpha value is -4.19. The van der Waals surface area contributed by atoms with Gasteiger partial charge in [0.2, 0.25) is 0 Å². The lowest BCUT2D eigenvalue weighted by molar-refractivity contribution is -0.391. The summed E-state index contributed by atoms with van der Waals surface area (Å²) in [5.41, 5.74) is 0.381. The molecule has 10 nitrogen and oxygen atoms in total. The molecule has 6 rings (SSSR count). The van der Waals surface area contributed by atoms with E-state index in [9.17, 15) is 31.2 Å². The van der Waals surface area contributed by atoms with Gasteiger partial charge < -0.3 is 18.6 Å². The van der Waals surface area contributed by atoms with Crippen molar-refractivity contribution in [2.75, 3.05) is 5.75 Å². The summed E-state index contributed by atoms with van der Waals surface area (Å²) >= 11 is 0. The lowest BCUT2D eigenvalue weighted by Gasteiger charge is -2.31. The van der Waals surface area contributed by atoms with Gasteiger partial charge in [0.15, 0.2) is 38.0 Å². The largest absolute Gasteiger partial charge is 0.507 e. The molecule has 0 spiro atoms. The van der Waals surface area contributed by atoms with E-state index in [0.29, 0.717) is 24.2 Å². The van der Waals surface area contributed by atoms with Gasteiger partial charge in [-0.05, 0) is 25.0 Å². The van der Waals surface area contributed by atoms with E-state index in [0.717, 1.165) is 12.1 Å². The van der Waals surface area contributed by atoms with Crippen LogP contribution < -0.4 is 9.47 Å². The lowest BCUT2D eigenvalue weighted by Crippen LogP contribution is -2.52. The minimum atomic E-state index is -4.91. The van der Waals surface area contributed by atoms with E-state index in [-0.39, 0.29) is 39.2 Å². The fraction of sp³-hybridized carbons (Fsp3) is 0.360. The predicted octanol–water partition coefficient (Wildman–Crippen LogP) is 4.34. The van der Waals surface area contributed by atoms with Gasteiger partial charge in [0.25, 0.3) is 0 Å². The summed E-state index contributed by atoms with van der Waals surface area (Å²) in [5, 5.41) is 9.42. The quantitative estimate of drug-likeness (QED) is 0.322. The molecule has 0 amide bonds. The SMILES string of the molecule is CCS(=O)(=O)c1c(-c2nc3cc4c(cc3n2C)OC(F)(F)C(F)(F)O4)nc(-c2cccc(C3(C#N)CC3)n2)n1C. The molecule has 40 heavy (non-hydrogen) atoms. The highest BCUT2D eigenvalue weighted by molar-refractivity contribution is 7.91. The number of hydrogen-bond donors (Lipinski definition) is 0. The second-order valence-electron chi connectivity index (χ2n) is 9.67. The molecule has 1 fully saturated rings. The van der Waals surface area contributed by atoms with Gasteiger partial charge in [0, 0.05) is 26.2 Å². The van der Waals surface area contributed by atoms with Gasteiger partial charge in [-0.15, -0.1) is 0 Å². The maximum absolute atomic E-state index is 13.8. The average Bonchev–Trinajstić information content (AvgIpc) is 3.54. The van der Waals surface area contributed by atoms with Crippen LogP contribution in [0.3, 0.4) is 0 Å². The number of halogens is 4. The number of imidazole rings is 2. The number of rotatable bonds is 5. The molecule has 4 heterocycles. The van der Waals surface area contributed by atoms with Crippen molar-refractivity contribution >= 4 is 20.9 Å². The smallest absolute Gasteiger partial charge is 0.421 e. The Morgan fingerprint density at radius 1 is 0.975 bits per heavy atom. The highest BCUT2D eigenvalue weighted by atomic mass is 32.2. The topological polar surface area (TPSA) is 125 Å². The van der Waals surface area contributed by atoms with Crippen LogP contribution in [0.1, 0.15) is 25.5 Å². The lowest BCUT2D eigenvalue weighted by atomic mass is 10.0. The number of benzene rings is 1. The van der Waals surface area contributed by atoms with Crippen LogP contribution in [0.5, 0.6) is 11.5 Å². The van der Waals surface area contributed by atoms with Crippen LogP contribution in [0.25, 0.3) is 34.1 Å². The molecule has 15 heteroatoms. The van der Waals surface area contributed by atoms with Crippen molar-refractivity contribution in [2.24, 2.45) is 14.1 Å². The standard InChI is InChI=1S/C25H20F4N6O4S/c1-4-40(36,37)22-19(33-20(35(22)3)13-6-5-7-18(31-13)23(12-30)8-9-23)21-32-14-10-16-17(11-15(14)34(21)2)39-25(28,29)24(26,27)38-16/h5-7,10-11H,4,8-9H2,1-3H3. The van der Waals surface area contributed by atoms with Gasteiger partial charge in [-0.1, -0.05) is 13.0 Å². The number of alkyl halides is 4. The number of ether oxygens (including phenoxy) is 2. The zero-order chi connectivity index (χ0) is 28.8. The van der Waals surface area contributed by atoms with E-state index in [1.807, 2.05) is 0 Å². The van der Waals surface area contributed by atoms with Crippen LogP contribution in [-0.4, -0.2) is 50.5 Å². The monoisotopic (exact) mass is 576 g/mol. The molecule has 208 valence electrons. The molecule has 0 bridgehead atoms. The molecule has 1 aliphatic carbocycles. The molecule has 0 radical (unpaired) electrons. The number of nitrogens with zero attached hydrogens (tertiary/aromatic N) is 6. The molecule has 3 aromatic heterocycles. The summed E-state index contributed by atoms with van der Waals surface area (Å²) < 4.78 is 92.8. The Balaban J connectivity index is 1.55. The molecule has 2 aliphatic rings. The van der Waals surface area contributed by atoms with Crippen molar-refractivity contribution in [2.45, 2.75) is 42.4 Å². The summed E-state index contributed by atoms with van der Waals surface area (Å²) in [6, 6.07) is 9.44. The first-order valence-electron chi connectivity index (χ1n) is 12.1. The van der Waals surface area contributed by atoms with Crippen LogP contribution in [-0.2, 0) is 29.3 Å². The van der Waals surface area contributed by atoms with Gasteiger partial charge in [-0.2, -0.15) is 22.8 Å². The van der Waals surface area contributed by atoms with E-state index < -0.39 is 39.0 Å². The van der Waals surface area contributed by atoms with Gasteiger partial charge in [0.1, 0.15) is 11.4 Å². The third kappa shape index (κ3) is 3.65. The summed E-state index contributed by atoms with van der Waals surface area (Å²) in [5.74, 6) is -1.34. The first kappa shape index (κ1) is 26.1. The maximum atomic E-state index is 13.8. The van der Waals surface area contributed by atoms with Crippen LogP contribution in [0.2, 0.25) is 0 Å². The van der Waals surface area contributed by atoms with Crippen molar-refractivity contribution < 1.29 is 35.5 Å². The number of pyridine rings is 1. The first-order chi connectivity index (χ1) is 18.7. The van der Waals surface area contributed by atoms with E-state index >= 15 is 0 Å². The Labute approximate surface area is 224 Å². The van der Waals surface area contributed by atoms with Crippen LogP contribution in [0.4, 0.5) is 17.6 Å². The highest BCUT2D eigenvalue weighted by Crippen LogP contribution is 2.49. The van der Waals surface area contributed by atoms with Crippen molar-refractivity contribution in [3.05, 3.63) is 36.0 Å². The fourth-order valence-electron chi connectivity index (χ4n) is 4.69. The Morgan fingerprint density at radius 3 is 2.23 bits per heavy atom. The second-order valence-corrected chi connectivity index (χ2v) is 11.9. The predicted molar refractivity (Wildman–Crippen MR) is 132 cm³/mol. The molecule has 0 N–H and O–H groups in total. The van der Waals surface area contributed by atoms with E-state index in [1.54, 1.807) is 18.2 Å². The summed E-state index contributed by atoms with van der Waals surface area (Å²) in [4.78, 5) is 13.6. The molecule has 0 unspecified atom stereocenters. The first-order valence-corrected chi connectivity index (χ1v) is 13.7. The zero-order valence-corrected chi connectivity index (χ0v) is 22.1.